The Morgan fingerprint density at radius 3 is 2.69 bits per heavy atom. The zero-order chi connectivity index (χ0) is 23.7. The van der Waals surface area contributed by atoms with Crippen LogP contribution in [0.1, 0.15) is 76.8 Å². The van der Waals surface area contributed by atoms with E-state index in [1.54, 1.807) is 19.9 Å². The summed E-state index contributed by atoms with van der Waals surface area (Å²) in [4.78, 5) is 39.3. The molecule has 1 aromatic carbocycles. The molecule has 1 heterocycles. The molecule has 1 fully saturated rings. The number of hydrogen-bond donors (Lipinski definition) is 1. The Morgan fingerprint density at radius 2 is 2.00 bits per heavy atom. The topological polar surface area (TPSA) is 125 Å². The third kappa shape index (κ3) is 4.44. The number of rotatable bonds is 8. The van der Waals surface area contributed by atoms with E-state index >= 15 is 0 Å². The largest absolute Gasteiger partial charge is 0.485 e. The van der Waals surface area contributed by atoms with Crippen molar-refractivity contribution in [3.8, 4) is 5.75 Å². The molecule has 9 heteroatoms. The summed E-state index contributed by atoms with van der Waals surface area (Å²) in [6.45, 7) is 7.25. The number of nitrogens with zero attached hydrogens (tertiary/aromatic N) is 1. The number of unbranched alkanes of at least 4 members (excludes halogenated alkanes) is 1. The Balaban J connectivity index is 1.74. The number of carbonyl (C=O) groups excluding carboxylic acids is 2. The predicted molar refractivity (Wildman–Crippen MR) is 114 cm³/mol. The van der Waals surface area contributed by atoms with E-state index in [4.69, 9.17) is 9.47 Å². The maximum atomic E-state index is 12.7. The first-order valence-electron chi connectivity index (χ1n) is 10.9. The molecule has 32 heavy (non-hydrogen) atoms. The van der Waals surface area contributed by atoms with Crippen molar-refractivity contribution in [2.45, 2.75) is 82.3 Å². The first-order valence-corrected chi connectivity index (χ1v) is 10.9. The molecule has 1 aromatic rings. The normalized spacial score (nSPS) is 24.0. The summed E-state index contributed by atoms with van der Waals surface area (Å²) in [7, 11) is 0. The molecular weight excluding hydrogens is 418 g/mol. The molecule has 0 spiro atoms. The van der Waals surface area contributed by atoms with Crippen LogP contribution in [0.3, 0.4) is 0 Å². The Bertz CT molecular complexity index is 909. The van der Waals surface area contributed by atoms with Crippen LogP contribution in [0.5, 0.6) is 5.75 Å². The van der Waals surface area contributed by atoms with Crippen molar-refractivity contribution in [1.29, 1.82) is 0 Å². The van der Waals surface area contributed by atoms with E-state index in [0.717, 1.165) is 5.56 Å². The van der Waals surface area contributed by atoms with Gasteiger partial charge in [-0.25, -0.2) is 0 Å². The highest BCUT2D eigenvalue weighted by molar-refractivity contribution is 5.83. The maximum absolute atomic E-state index is 12.7. The summed E-state index contributed by atoms with van der Waals surface area (Å²) in [6, 6.07) is 5.44. The maximum Gasteiger partial charge on any atom is 0.315 e. The standard InChI is InChI=1S/C23H31NO8/c1-21(2,20(26)30-11-5-6-12-31-24(28)29)15-7-8-17-18-14-16(25)9-10-23(18,27)22(3,4)32-19(17)13-15/h7-8,13,18,27H,5-6,9-12,14H2,1-4H3/t18-,23-/m1/s1. The quantitative estimate of drug-likeness (QED) is 0.277. The molecule has 1 aliphatic heterocycles. The van der Waals surface area contributed by atoms with Crippen molar-refractivity contribution >= 4 is 11.8 Å². The van der Waals surface area contributed by atoms with Crippen LogP contribution in [0.2, 0.25) is 0 Å². The summed E-state index contributed by atoms with van der Waals surface area (Å²) in [6.07, 6.45) is 1.81. The summed E-state index contributed by atoms with van der Waals surface area (Å²) in [5.74, 6) is -0.0883. The number of ketones is 1. The minimum Gasteiger partial charge on any atom is -0.485 e. The van der Waals surface area contributed by atoms with E-state index < -0.39 is 27.7 Å². The van der Waals surface area contributed by atoms with Gasteiger partial charge in [0.2, 0.25) is 0 Å². The third-order valence-corrected chi connectivity index (χ3v) is 6.79. The fourth-order valence-electron chi connectivity index (χ4n) is 4.56. The van der Waals surface area contributed by atoms with Crippen LogP contribution in [-0.4, -0.2) is 46.4 Å². The van der Waals surface area contributed by atoms with E-state index in [0.29, 0.717) is 37.0 Å². The van der Waals surface area contributed by atoms with Gasteiger partial charge in [0.05, 0.1) is 18.6 Å². The van der Waals surface area contributed by atoms with E-state index in [-0.39, 0.29) is 31.3 Å². The molecule has 9 nitrogen and oxygen atoms in total. The smallest absolute Gasteiger partial charge is 0.315 e. The molecule has 1 saturated carbocycles. The highest BCUT2D eigenvalue weighted by atomic mass is 16.9. The highest BCUT2D eigenvalue weighted by Gasteiger charge is 2.57. The van der Waals surface area contributed by atoms with E-state index in [1.807, 2.05) is 26.0 Å². The molecule has 2 aliphatic rings. The summed E-state index contributed by atoms with van der Waals surface area (Å²) >= 11 is 0. The predicted octanol–water partition coefficient (Wildman–Crippen LogP) is 3.23. The number of esters is 1. The molecule has 3 rings (SSSR count). The molecule has 0 bridgehead atoms. The molecule has 0 aromatic heterocycles. The van der Waals surface area contributed by atoms with Crippen molar-refractivity contribution in [3.63, 3.8) is 0 Å². The fourth-order valence-corrected chi connectivity index (χ4v) is 4.56. The van der Waals surface area contributed by atoms with E-state index in [9.17, 15) is 24.8 Å². The van der Waals surface area contributed by atoms with Gasteiger partial charge >= 0.3 is 5.97 Å². The zero-order valence-corrected chi connectivity index (χ0v) is 19.0. The molecule has 1 N–H and O–H groups in total. The molecule has 2 atom stereocenters. The second kappa shape index (κ2) is 8.69. The lowest BCUT2D eigenvalue weighted by Gasteiger charge is -2.53. The minimum absolute atomic E-state index is 0.0398. The molecule has 176 valence electrons. The lowest BCUT2D eigenvalue weighted by Crippen LogP contribution is -2.62. The van der Waals surface area contributed by atoms with Gasteiger partial charge < -0.3 is 19.4 Å². The van der Waals surface area contributed by atoms with Gasteiger partial charge in [-0.3, -0.25) is 9.59 Å². The van der Waals surface area contributed by atoms with Crippen molar-refractivity contribution in [3.05, 3.63) is 39.4 Å². The monoisotopic (exact) mass is 449 g/mol. The lowest BCUT2D eigenvalue weighted by molar-refractivity contribution is -0.757. The average Bonchev–Trinajstić information content (AvgIpc) is 2.71. The molecule has 1 aliphatic carbocycles. The number of hydrogen-bond acceptors (Lipinski definition) is 8. The average molecular weight is 450 g/mol. The molecule has 0 radical (unpaired) electrons. The lowest BCUT2D eigenvalue weighted by atomic mass is 9.62. The third-order valence-electron chi connectivity index (χ3n) is 6.79. The number of aliphatic hydroxyl groups is 1. The first-order chi connectivity index (χ1) is 14.9. The van der Waals surface area contributed by atoms with Crippen molar-refractivity contribution in [2.75, 3.05) is 13.2 Å². The SMILES string of the molecule is CC(C)(C(=O)OCCCCO[N+](=O)[O-])c1ccc2c(c1)OC(C)(C)[C@@]1(O)CCC(=O)C[C@H]21. The van der Waals surface area contributed by atoms with E-state index in [2.05, 4.69) is 4.84 Å². The van der Waals surface area contributed by atoms with Crippen LogP contribution in [0.4, 0.5) is 0 Å². The highest BCUT2D eigenvalue weighted by Crippen LogP contribution is 2.54. The Morgan fingerprint density at radius 1 is 1.31 bits per heavy atom. The van der Waals surface area contributed by atoms with Crippen LogP contribution in [0.15, 0.2) is 18.2 Å². The van der Waals surface area contributed by atoms with Crippen LogP contribution < -0.4 is 4.74 Å². The van der Waals surface area contributed by atoms with Crippen LogP contribution >= 0.6 is 0 Å². The Kier molecular flexibility index (Phi) is 6.51. The van der Waals surface area contributed by atoms with Gasteiger partial charge in [-0.1, -0.05) is 12.1 Å². The molecular formula is C23H31NO8. The molecule has 0 amide bonds. The number of benzene rings is 1. The number of ether oxygens (including phenoxy) is 2. The van der Waals surface area contributed by atoms with Crippen molar-refractivity contribution < 1.29 is 34.1 Å². The number of carbonyl (C=O) groups is 2. The van der Waals surface area contributed by atoms with Gasteiger partial charge in [-0.2, -0.15) is 0 Å². The second-order valence-electron chi connectivity index (χ2n) is 9.61. The zero-order valence-electron chi connectivity index (χ0n) is 19.0. The van der Waals surface area contributed by atoms with Gasteiger partial charge in [0.15, 0.2) is 0 Å². The van der Waals surface area contributed by atoms with Gasteiger partial charge in [0.25, 0.3) is 5.09 Å². The second-order valence-corrected chi connectivity index (χ2v) is 9.61. The minimum atomic E-state index is -1.14. The summed E-state index contributed by atoms with van der Waals surface area (Å²) in [5.41, 5.74) is -1.51. The molecule has 0 saturated heterocycles. The van der Waals surface area contributed by atoms with Crippen LogP contribution in [-0.2, 0) is 24.6 Å². The summed E-state index contributed by atoms with van der Waals surface area (Å²) in [5, 5.41) is 20.7. The van der Waals surface area contributed by atoms with Crippen LogP contribution in [0, 0.1) is 10.1 Å². The van der Waals surface area contributed by atoms with Crippen molar-refractivity contribution in [2.24, 2.45) is 0 Å². The van der Waals surface area contributed by atoms with E-state index in [1.165, 1.54) is 0 Å². The Hall–Kier alpha value is -2.68. The molecule has 0 unspecified atom stereocenters. The van der Waals surface area contributed by atoms with Gasteiger partial charge in [0.1, 0.15) is 22.7 Å². The van der Waals surface area contributed by atoms with Gasteiger partial charge in [-0.15, -0.1) is 10.1 Å². The van der Waals surface area contributed by atoms with Crippen molar-refractivity contribution in [1.82, 2.24) is 0 Å². The Labute approximate surface area is 187 Å². The van der Waals surface area contributed by atoms with Gasteiger partial charge in [0, 0.05) is 24.3 Å². The summed E-state index contributed by atoms with van der Waals surface area (Å²) < 4.78 is 11.6. The first kappa shape index (κ1) is 24.0. The van der Waals surface area contributed by atoms with Gasteiger partial charge in [-0.05, 0) is 58.6 Å². The van der Waals surface area contributed by atoms with Crippen LogP contribution in [0.25, 0.3) is 0 Å². The fraction of sp³-hybridized carbons (Fsp3) is 0.652. The number of fused-ring (bicyclic) bond motifs is 3. The number of Topliss-reactive ketones (excluding diaryl/α,β-unsaturated/α-hetero) is 1.